The molecule has 0 aliphatic heterocycles. The molecule has 0 spiro atoms. The number of nitro groups is 1. The Labute approximate surface area is 155 Å². The Morgan fingerprint density at radius 1 is 1.37 bits per heavy atom. The molecule has 140 valence electrons. The third-order valence-corrected chi connectivity index (χ3v) is 4.15. The molecule has 0 radical (unpaired) electrons. The number of carbonyl (C=O) groups is 1. The number of aromatic nitrogens is 3. The Morgan fingerprint density at radius 3 is 2.85 bits per heavy atom. The number of anilines is 1. The number of aryl methyl sites for hydroxylation is 2. The number of imidazole rings is 1. The van der Waals surface area contributed by atoms with Crippen LogP contribution in [-0.4, -0.2) is 32.0 Å². The van der Waals surface area contributed by atoms with Crippen molar-refractivity contribution in [2.24, 2.45) is 7.05 Å². The summed E-state index contributed by atoms with van der Waals surface area (Å²) in [5.41, 5.74) is 2.35. The van der Waals surface area contributed by atoms with Crippen LogP contribution in [0.3, 0.4) is 0 Å². The van der Waals surface area contributed by atoms with E-state index in [2.05, 4.69) is 15.3 Å². The standard InChI is InChI=1S/C18H19N5O4/c1-4-27-18(24)12-7-8-19-17(16(12)23(25)26)20-10-15-21-13-9-11(2)5-6-14(13)22(15)3/h5-9H,4,10H2,1-3H3,(H,19,20). The molecule has 0 amide bonds. The molecule has 27 heavy (non-hydrogen) atoms. The maximum Gasteiger partial charge on any atom is 0.345 e. The van der Waals surface area contributed by atoms with Crippen molar-refractivity contribution in [2.45, 2.75) is 20.4 Å². The van der Waals surface area contributed by atoms with E-state index in [9.17, 15) is 14.9 Å². The minimum absolute atomic E-state index is 0.00575. The summed E-state index contributed by atoms with van der Waals surface area (Å²) in [4.78, 5) is 31.4. The van der Waals surface area contributed by atoms with Gasteiger partial charge in [0.25, 0.3) is 0 Å². The summed E-state index contributed by atoms with van der Waals surface area (Å²) < 4.78 is 6.80. The first-order chi connectivity index (χ1) is 12.9. The number of benzene rings is 1. The first-order valence-corrected chi connectivity index (χ1v) is 8.38. The van der Waals surface area contributed by atoms with Gasteiger partial charge in [0.2, 0.25) is 5.82 Å². The van der Waals surface area contributed by atoms with Gasteiger partial charge in [0.15, 0.2) is 0 Å². The lowest BCUT2D eigenvalue weighted by atomic mass is 10.2. The molecule has 3 rings (SSSR count). The van der Waals surface area contributed by atoms with Crippen LogP contribution in [0.15, 0.2) is 30.5 Å². The predicted octanol–water partition coefficient (Wildman–Crippen LogP) is 2.97. The van der Waals surface area contributed by atoms with Crippen LogP contribution in [0, 0.1) is 17.0 Å². The topological polar surface area (TPSA) is 112 Å². The van der Waals surface area contributed by atoms with Crippen LogP contribution in [-0.2, 0) is 18.3 Å². The van der Waals surface area contributed by atoms with Crippen molar-refractivity contribution >= 4 is 28.5 Å². The van der Waals surface area contributed by atoms with Crippen molar-refractivity contribution in [2.75, 3.05) is 11.9 Å². The van der Waals surface area contributed by atoms with E-state index in [-0.39, 0.29) is 24.5 Å². The highest BCUT2D eigenvalue weighted by Crippen LogP contribution is 2.27. The lowest BCUT2D eigenvalue weighted by molar-refractivity contribution is -0.384. The summed E-state index contributed by atoms with van der Waals surface area (Å²) in [6.07, 6.45) is 1.33. The Bertz CT molecular complexity index is 1030. The van der Waals surface area contributed by atoms with E-state index in [1.165, 1.54) is 12.3 Å². The second-order valence-electron chi connectivity index (χ2n) is 5.97. The number of hydrogen-bond donors (Lipinski definition) is 1. The van der Waals surface area contributed by atoms with Gasteiger partial charge in [-0.15, -0.1) is 0 Å². The molecule has 0 aliphatic rings. The first-order valence-electron chi connectivity index (χ1n) is 8.38. The zero-order chi connectivity index (χ0) is 19.6. The van der Waals surface area contributed by atoms with Crippen LogP contribution in [0.4, 0.5) is 11.5 Å². The summed E-state index contributed by atoms with van der Waals surface area (Å²) in [5.74, 6) is -0.0742. The van der Waals surface area contributed by atoms with Gasteiger partial charge in [-0.2, -0.15) is 0 Å². The number of hydrogen-bond acceptors (Lipinski definition) is 7. The molecule has 0 bridgehead atoms. The van der Waals surface area contributed by atoms with E-state index < -0.39 is 16.6 Å². The summed E-state index contributed by atoms with van der Waals surface area (Å²) >= 11 is 0. The fourth-order valence-electron chi connectivity index (χ4n) is 2.82. The molecular weight excluding hydrogens is 350 g/mol. The minimum Gasteiger partial charge on any atom is -0.462 e. The number of pyridine rings is 1. The quantitative estimate of drug-likeness (QED) is 0.404. The highest BCUT2D eigenvalue weighted by atomic mass is 16.6. The molecule has 9 heteroatoms. The molecule has 3 aromatic rings. The zero-order valence-corrected chi connectivity index (χ0v) is 15.2. The number of esters is 1. The number of fused-ring (bicyclic) bond motifs is 1. The molecule has 2 aromatic heterocycles. The molecule has 9 nitrogen and oxygen atoms in total. The van der Waals surface area contributed by atoms with Gasteiger partial charge in [-0.1, -0.05) is 6.07 Å². The molecule has 0 saturated heterocycles. The smallest absolute Gasteiger partial charge is 0.345 e. The van der Waals surface area contributed by atoms with Crippen molar-refractivity contribution in [3.8, 4) is 0 Å². The van der Waals surface area contributed by atoms with Crippen molar-refractivity contribution in [1.82, 2.24) is 14.5 Å². The van der Waals surface area contributed by atoms with Crippen molar-refractivity contribution < 1.29 is 14.5 Å². The van der Waals surface area contributed by atoms with Crippen LogP contribution in [0.2, 0.25) is 0 Å². The molecule has 2 heterocycles. The molecule has 0 fully saturated rings. The molecule has 1 N–H and O–H groups in total. The Balaban J connectivity index is 1.92. The molecule has 1 aromatic carbocycles. The van der Waals surface area contributed by atoms with E-state index in [1.54, 1.807) is 6.92 Å². The molecule has 0 atom stereocenters. The van der Waals surface area contributed by atoms with Gasteiger partial charge in [-0.3, -0.25) is 10.1 Å². The van der Waals surface area contributed by atoms with Crippen molar-refractivity contribution in [3.63, 3.8) is 0 Å². The number of rotatable bonds is 6. The third-order valence-electron chi connectivity index (χ3n) is 4.15. The summed E-state index contributed by atoms with van der Waals surface area (Å²) in [5, 5.41) is 14.4. The summed E-state index contributed by atoms with van der Waals surface area (Å²) in [6, 6.07) is 7.22. The number of nitrogens with one attached hydrogen (secondary N) is 1. The predicted molar refractivity (Wildman–Crippen MR) is 99.6 cm³/mol. The average molecular weight is 369 g/mol. The largest absolute Gasteiger partial charge is 0.462 e. The second kappa shape index (κ2) is 7.40. The van der Waals surface area contributed by atoms with E-state index in [1.807, 2.05) is 36.7 Å². The van der Waals surface area contributed by atoms with Crippen molar-refractivity contribution in [1.29, 1.82) is 0 Å². The van der Waals surface area contributed by atoms with Crippen LogP contribution < -0.4 is 5.32 Å². The zero-order valence-electron chi connectivity index (χ0n) is 15.2. The van der Waals surface area contributed by atoms with Gasteiger partial charge >= 0.3 is 11.7 Å². The Hall–Kier alpha value is -3.49. The van der Waals surface area contributed by atoms with Crippen LogP contribution in [0.5, 0.6) is 0 Å². The fourth-order valence-corrected chi connectivity index (χ4v) is 2.82. The van der Waals surface area contributed by atoms with Crippen molar-refractivity contribution in [3.05, 3.63) is 57.5 Å². The van der Waals surface area contributed by atoms with Gasteiger partial charge in [0, 0.05) is 13.2 Å². The number of carbonyl (C=O) groups excluding carboxylic acids is 1. The van der Waals surface area contributed by atoms with Crippen LogP contribution >= 0.6 is 0 Å². The minimum atomic E-state index is -0.757. The van der Waals surface area contributed by atoms with E-state index in [0.29, 0.717) is 5.82 Å². The van der Waals surface area contributed by atoms with Crippen LogP contribution in [0.1, 0.15) is 28.7 Å². The average Bonchev–Trinajstić information content (AvgIpc) is 2.94. The van der Waals surface area contributed by atoms with Gasteiger partial charge in [-0.25, -0.2) is 14.8 Å². The highest BCUT2D eigenvalue weighted by Gasteiger charge is 2.27. The maximum atomic E-state index is 12.0. The van der Waals surface area contributed by atoms with Gasteiger partial charge < -0.3 is 14.6 Å². The lowest BCUT2D eigenvalue weighted by Gasteiger charge is -2.09. The van der Waals surface area contributed by atoms with Gasteiger partial charge in [0.05, 0.1) is 29.1 Å². The van der Waals surface area contributed by atoms with E-state index in [0.717, 1.165) is 16.6 Å². The van der Waals surface area contributed by atoms with E-state index in [4.69, 9.17) is 4.74 Å². The van der Waals surface area contributed by atoms with E-state index >= 15 is 0 Å². The van der Waals surface area contributed by atoms with Gasteiger partial charge in [0.1, 0.15) is 11.4 Å². The second-order valence-corrected chi connectivity index (χ2v) is 5.97. The van der Waals surface area contributed by atoms with Gasteiger partial charge in [-0.05, 0) is 37.6 Å². The first kappa shape index (κ1) is 18.3. The summed E-state index contributed by atoms with van der Waals surface area (Å²) in [7, 11) is 1.87. The lowest BCUT2D eigenvalue weighted by Crippen LogP contribution is -2.13. The fraction of sp³-hybridized carbons (Fsp3) is 0.278. The normalized spacial score (nSPS) is 10.8. The maximum absolute atomic E-state index is 12.0. The monoisotopic (exact) mass is 369 g/mol. The molecule has 0 unspecified atom stereocenters. The Kier molecular flexibility index (Phi) is 5.02. The SMILES string of the molecule is CCOC(=O)c1ccnc(NCc2nc3cc(C)ccc3n2C)c1[N+](=O)[O-]. The third kappa shape index (κ3) is 3.57. The number of ether oxygens (including phenoxy) is 1. The number of nitrogens with zero attached hydrogens (tertiary/aromatic N) is 4. The molecule has 0 saturated carbocycles. The molecular formula is C18H19N5O4. The summed E-state index contributed by atoms with van der Waals surface area (Å²) in [6.45, 7) is 3.96. The Morgan fingerprint density at radius 2 is 2.15 bits per heavy atom. The highest BCUT2D eigenvalue weighted by molar-refractivity contribution is 5.96. The molecule has 0 aliphatic carbocycles. The van der Waals surface area contributed by atoms with Crippen LogP contribution in [0.25, 0.3) is 11.0 Å².